The molecule has 1 unspecified atom stereocenters. The van der Waals surface area contributed by atoms with Crippen LogP contribution in [0.15, 0.2) is 28.7 Å². The Kier molecular flexibility index (Phi) is 6.29. The number of hydrogen-bond donors (Lipinski definition) is 4. The van der Waals surface area contributed by atoms with E-state index in [1.807, 2.05) is 0 Å². The number of carbonyl (C=O) groups excluding carboxylic acids is 2. The second-order valence-electron chi connectivity index (χ2n) is 6.07. The van der Waals surface area contributed by atoms with Crippen LogP contribution in [-0.4, -0.2) is 41.1 Å². The summed E-state index contributed by atoms with van der Waals surface area (Å²) in [6.07, 6.45) is 3.10. The number of hydrogen-bond acceptors (Lipinski definition) is 4. The summed E-state index contributed by atoms with van der Waals surface area (Å²) >= 11 is 9.37. The molecule has 1 aliphatic rings. The van der Waals surface area contributed by atoms with Crippen LogP contribution in [-0.2, 0) is 0 Å². The van der Waals surface area contributed by atoms with Crippen LogP contribution in [0.2, 0.25) is 5.02 Å². The van der Waals surface area contributed by atoms with Gasteiger partial charge in [-0.2, -0.15) is 5.10 Å². The molecule has 1 aliphatic heterocycles. The number of amides is 2. The minimum absolute atomic E-state index is 0.0646. The highest BCUT2D eigenvalue weighted by Gasteiger charge is 2.22. The van der Waals surface area contributed by atoms with Crippen LogP contribution in [0.1, 0.15) is 40.1 Å². The van der Waals surface area contributed by atoms with Crippen molar-refractivity contribution < 1.29 is 9.59 Å². The third-order valence-corrected chi connectivity index (χ3v) is 5.26. The van der Waals surface area contributed by atoms with Gasteiger partial charge >= 0.3 is 0 Å². The van der Waals surface area contributed by atoms with Crippen molar-refractivity contribution in [1.82, 2.24) is 20.8 Å². The maximum Gasteiger partial charge on any atom is 0.273 e. The molecular formula is C17H19BrClN5O2. The molecule has 3 rings (SSSR count). The Morgan fingerprint density at radius 2 is 2.04 bits per heavy atom. The number of halogens is 2. The van der Waals surface area contributed by atoms with Gasteiger partial charge in [0.2, 0.25) is 0 Å². The molecule has 26 heavy (non-hydrogen) atoms. The van der Waals surface area contributed by atoms with Crippen molar-refractivity contribution >= 4 is 45.2 Å². The second-order valence-corrected chi connectivity index (χ2v) is 7.27. The summed E-state index contributed by atoms with van der Waals surface area (Å²) < 4.78 is 0.400. The molecule has 2 aromatic rings. The summed E-state index contributed by atoms with van der Waals surface area (Å²) in [7, 11) is 0. The maximum absolute atomic E-state index is 12.5. The van der Waals surface area contributed by atoms with Crippen LogP contribution in [0.3, 0.4) is 0 Å². The third-order valence-electron chi connectivity index (χ3n) is 4.16. The topological polar surface area (TPSA) is 98.9 Å². The van der Waals surface area contributed by atoms with Crippen LogP contribution in [0.5, 0.6) is 0 Å². The van der Waals surface area contributed by atoms with Gasteiger partial charge in [0.15, 0.2) is 5.69 Å². The summed E-state index contributed by atoms with van der Waals surface area (Å²) in [6.45, 7) is 1.71. The zero-order valence-corrected chi connectivity index (χ0v) is 16.3. The Morgan fingerprint density at radius 3 is 2.85 bits per heavy atom. The first-order valence-corrected chi connectivity index (χ1v) is 9.54. The fraction of sp³-hybridized carbons (Fsp3) is 0.353. The van der Waals surface area contributed by atoms with Gasteiger partial charge in [-0.05, 0) is 47.4 Å². The molecule has 4 N–H and O–H groups in total. The Bertz CT molecular complexity index is 802. The summed E-state index contributed by atoms with van der Waals surface area (Å²) in [5, 5.41) is 16.0. The molecule has 1 saturated heterocycles. The van der Waals surface area contributed by atoms with E-state index in [1.165, 1.54) is 0 Å². The lowest BCUT2D eigenvalue weighted by atomic mass is 10.1. The summed E-state index contributed by atoms with van der Waals surface area (Å²) in [5.41, 5.74) is 0.537. The molecule has 1 aromatic heterocycles. The molecule has 2 amide bonds. The molecule has 138 valence electrons. The van der Waals surface area contributed by atoms with Gasteiger partial charge in [-0.1, -0.05) is 30.2 Å². The highest BCUT2D eigenvalue weighted by molar-refractivity contribution is 9.10. The van der Waals surface area contributed by atoms with Crippen molar-refractivity contribution in [3.8, 4) is 0 Å². The summed E-state index contributed by atoms with van der Waals surface area (Å²) in [6, 6.07) is 6.79. The fourth-order valence-corrected chi connectivity index (χ4v) is 3.46. The molecule has 0 saturated carbocycles. The first-order chi connectivity index (χ1) is 12.6. The van der Waals surface area contributed by atoms with Crippen LogP contribution >= 0.6 is 27.5 Å². The molecule has 7 nitrogen and oxygen atoms in total. The Balaban J connectivity index is 1.68. The lowest BCUT2D eigenvalue weighted by Gasteiger charge is -2.15. The van der Waals surface area contributed by atoms with Gasteiger partial charge in [-0.15, -0.1) is 0 Å². The van der Waals surface area contributed by atoms with Crippen molar-refractivity contribution in [2.45, 2.75) is 25.3 Å². The van der Waals surface area contributed by atoms with Gasteiger partial charge in [-0.3, -0.25) is 14.7 Å². The Labute approximate surface area is 164 Å². The number of rotatable bonds is 4. The number of benzene rings is 1. The van der Waals surface area contributed by atoms with E-state index in [2.05, 4.69) is 42.1 Å². The lowest BCUT2D eigenvalue weighted by molar-refractivity contribution is 0.0929. The molecule has 2 heterocycles. The second kappa shape index (κ2) is 8.66. The van der Waals surface area contributed by atoms with Gasteiger partial charge in [-0.25, -0.2) is 0 Å². The molecule has 1 fully saturated rings. The van der Waals surface area contributed by atoms with Crippen molar-refractivity contribution in [3.63, 3.8) is 0 Å². The molecule has 0 bridgehead atoms. The number of H-pyrrole nitrogens is 1. The van der Waals surface area contributed by atoms with Crippen LogP contribution in [0.25, 0.3) is 0 Å². The average molecular weight is 441 g/mol. The van der Waals surface area contributed by atoms with E-state index in [0.29, 0.717) is 20.9 Å². The first kappa shape index (κ1) is 18.9. The number of nitrogens with zero attached hydrogens (tertiary/aromatic N) is 1. The minimum atomic E-state index is -0.389. The van der Waals surface area contributed by atoms with Crippen LogP contribution < -0.4 is 16.0 Å². The Hall–Kier alpha value is -1.90. The smallest absolute Gasteiger partial charge is 0.273 e. The minimum Gasteiger partial charge on any atom is -0.347 e. The van der Waals surface area contributed by atoms with Crippen molar-refractivity contribution in [3.05, 3.63) is 45.0 Å². The summed E-state index contributed by atoms with van der Waals surface area (Å²) in [5.74, 6) is -0.376. The van der Waals surface area contributed by atoms with Gasteiger partial charge < -0.3 is 16.0 Å². The standard InChI is InChI=1S/C17H19BrClN5O2/c18-13-14(17(26)21-10-5-3-4-8-20-9-10)23-24-15(13)22-16(25)11-6-1-2-7-12(11)19/h1-2,6-7,10,20H,3-5,8-9H2,(H,21,26)(H2,22,23,24,25). The predicted molar refractivity (Wildman–Crippen MR) is 104 cm³/mol. The highest BCUT2D eigenvalue weighted by Crippen LogP contribution is 2.25. The molecular weight excluding hydrogens is 422 g/mol. The largest absolute Gasteiger partial charge is 0.347 e. The Morgan fingerprint density at radius 1 is 1.23 bits per heavy atom. The molecule has 0 spiro atoms. The van der Waals surface area contributed by atoms with Crippen LogP contribution in [0, 0.1) is 0 Å². The van der Waals surface area contributed by atoms with E-state index < -0.39 is 0 Å². The van der Waals surface area contributed by atoms with E-state index in [1.54, 1.807) is 24.3 Å². The van der Waals surface area contributed by atoms with Crippen molar-refractivity contribution in [1.29, 1.82) is 0 Å². The van der Waals surface area contributed by atoms with Gasteiger partial charge in [0.1, 0.15) is 5.82 Å². The van der Waals surface area contributed by atoms with Crippen molar-refractivity contribution in [2.24, 2.45) is 0 Å². The third kappa shape index (κ3) is 4.44. The molecule has 9 heteroatoms. The van der Waals surface area contributed by atoms with E-state index in [9.17, 15) is 9.59 Å². The lowest BCUT2D eigenvalue weighted by Crippen LogP contribution is -2.41. The zero-order chi connectivity index (χ0) is 18.5. The van der Waals surface area contributed by atoms with E-state index in [4.69, 9.17) is 11.6 Å². The van der Waals surface area contributed by atoms with Crippen molar-refractivity contribution in [2.75, 3.05) is 18.4 Å². The first-order valence-electron chi connectivity index (χ1n) is 8.37. The monoisotopic (exact) mass is 439 g/mol. The SMILES string of the molecule is O=C(Nc1[nH]nc(C(=O)NC2CCCCNC2)c1Br)c1ccccc1Cl. The number of nitrogens with one attached hydrogen (secondary N) is 4. The molecule has 0 radical (unpaired) electrons. The average Bonchev–Trinajstić information content (AvgIpc) is 2.82. The number of carbonyl (C=O) groups is 2. The van der Waals surface area contributed by atoms with E-state index in [0.717, 1.165) is 32.4 Å². The number of anilines is 1. The summed E-state index contributed by atoms with van der Waals surface area (Å²) in [4.78, 5) is 24.8. The van der Waals surface area contributed by atoms with E-state index in [-0.39, 0.29) is 23.6 Å². The highest BCUT2D eigenvalue weighted by atomic mass is 79.9. The van der Waals surface area contributed by atoms with E-state index >= 15 is 0 Å². The zero-order valence-electron chi connectivity index (χ0n) is 13.9. The number of aromatic amines is 1. The fourth-order valence-electron chi connectivity index (χ4n) is 2.78. The van der Waals surface area contributed by atoms with Gasteiger partial charge in [0.05, 0.1) is 15.1 Å². The quantitative estimate of drug-likeness (QED) is 0.587. The van der Waals surface area contributed by atoms with Gasteiger partial charge in [0.25, 0.3) is 11.8 Å². The maximum atomic E-state index is 12.5. The molecule has 1 atom stereocenters. The molecule has 0 aliphatic carbocycles. The molecule has 1 aromatic carbocycles. The van der Waals surface area contributed by atoms with Gasteiger partial charge in [0, 0.05) is 12.6 Å². The number of aromatic nitrogens is 2. The predicted octanol–water partition coefficient (Wildman–Crippen LogP) is 2.95. The van der Waals surface area contributed by atoms with Crippen LogP contribution in [0.4, 0.5) is 5.82 Å². The normalized spacial score (nSPS) is 17.4.